The minimum atomic E-state index is -0.952. The zero-order valence-electron chi connectivity index (χ0n) is 12.0. The van der Waals surface area contributed by atoms with Crippen molar-refractivity contribution >= 4 is 5.97 Å². The largest absolute Gasteiger partial charge is 0.490 e. The molecule has 0 bridgehead atoms. The van der Waals surface area contributed by atoms with Crippen molar-refractivity contribution < 1.29 is 19.4 Å². The molecular formula is C15H18N2O4. The molecule has 2 aromatic rings. The summed E-state index contributed by atoms with van der Waals surface area (Å²) in [6.07, 6.45) is 3.51. The first-order valence-electron chi connectivity index (χ1n) is 6.69. The molecule has 1 N–H and O–H groups in total. The molecule has 0 spiro atoms. The Hall–Kier alpha value is -2.50. The van der Waals surface area contributed by atoms with Crippen LogP contribution in [0.5, 0.6) is 11.5 Å². The van der Waals surface area contributed by atoms with Crippen molar-refractivity contribution in [2.45, 2.75) is 19.9 Å². The number of carboxylic acids is 1. The normalized spacial score (nSPS) is 10.6. The van der Waals surface area contributed by atoms with E-state index >= 15 is 0 Å². The number of ether oxygens (including phenoxy) is 2. The van der Waals surface area contributed by atoms with E-state index in [9.17, 15) is 4.79 Å². The predicted molar refractivity (Wildman–Crippen MR) is 77.0 cm³/mol. The smallest absolute Gasteiger partial charge is 0.335 e. The fourth-order valence-corrected chi connectivity index (χ4v) is 1.69. The second-order valence-electron chi connectivity index (χ2n) is 4.78. The Morgan fingerprint density at radius 3 is 2.33 bits per heavy atom. The van der Waals surface area contributed by atoms with Crippen LogP contribution in [-0.2, 0) is 0 Å². The van der Waals surface area contributed by atoms with Gasteiger partial charge in [0.15, 0.2) is 5.75 Å². The molecule has 1 aromatic carbocycles. The van der Waals surface area contributed by atoms with E-state index in [2.05, 4.69) is 5.10 Å². The van der Waals surface area contributed by atoms with Crippen LogP contribution < -0.4 is 9.47 Å². The zero-order valence-corrected chi connectivity index (χ0v) is 12.0. The van der Waals surface area contributed by atoms with Crippen molar-refractivity contribution in [2.24, 2.45) is 0 Å². The van der Waals surface area contributed by atoms with Crippen molar-refractivity contribution in [1.29, 1.82) is 0 Å². The number of hydrogen-bond donors (Lipinski definition) is 1. The highest BCUT2D eigenvalue weighted by Crippen LogP contribution is 2.14. The summed E-state index contributed by atoms with van der Waals surface area (Å²) in [6, 6.07) is 6.56. The van der Waals surface area contributed by atoms with E-state index in [4.69, 9.17) is 14.6 Å². The minimum Gasteiger partial charge on any atom is -0.490 e. The molecule has 1 heterocycles. The lowest BCUT2D eigenvalue weighted by atomic mass is 10.2. The second-order valence-corrected chi connectivity index (χ2v) is 4.78. The van der Waals surface area contributed by atoms with Crippen LogP contribution in [0.3, 0.4) is 0 Å². The average Bonchev–Trinajstić information content (AvgIpc) is 2.93. The van der Waals surface area contributed by atoms with E-state index in [-0.39, 0.29) is 5.56 Å². The highest BCUT2D eigenvalue weighted by molar-refractivity contribution is 5.87. The molecule has 2 rings (SSSR count). The molecule has 21 heavy (non-hydrogen) atoms. The summed E-state index contributed by atoms with van der Waals surface area (Å²) in [5, 5.41) is 13.0. The van der Waals surface area contributed by atoms with E-state index in [0.29, 0.717) is 30.8 Å². The molecule has 0 radical (unpaired) electrons. The number of benzene rings is 1. The summed E-state index contributed by atoms with van der Waals surface area (Å²) in [6.45, 7) is 4.85. The van der Waals surface area contributed by atoms with Crippen molar-refractivity contribution in [3.05, 3.63) is 42.2 Å². The minimum absolute atomic E-state index is 0.236. The maximum atomic E-state index is 10.7. The molecule has 0 aliphatic carbocycles. The Balaban J connectivity index is 1.75. The van der Waals surface area contributed by atoms with Crippen LogP contribution in [0.25, 0.3) is 0 Å². The summed E-state index contributed by atoms with van der Waals surface area (Å²) in [5.41, 5.74) is 0.236. The van der Waals surface area contributed by atoms with Crippen LogP contribution in [0.15, 0.2) is 36.7 Å². The molecule has 112 valence electrons. The van der Waals surface area contributed by atoms with Gasteiger partial charge in [-0.3, -0.25) is 4.68 Å². The van der Waals surface area contributed by atoms with E-state index in [1.54, 1.807) is 18.3 Å². The van der Waals surface area contributed by atoms with Gasteiger partial charge in [-0.05, 0) is 38.1 Å². The van der Waals surface area contributed by atoms with Gasteiger partial charge in [-0.1, -0.05) is 0 Å². The lowest BCUT2D eigenvalue weighted by Crippen LogP contribution is -2.09. The van der Waals surface area contributed by atoms with Crippen molar-refractivity contribution in [3.8, 4) is 11.5 Å². The molecule has 0 saturated carbocycles. The van der Waals surface area contributed by atoms with Gasteiger partial charge in [-0.15, -0.1) is 0 Å². The summed E-state index contributed by atoms with van der Waals surface area (Å²) < 4.78 is 12.8. The fourth-order valence-electron chi connectivity index (χ4n) is 1.69. The van der Waals surface area contributed by atoms with Crippen LogP contribution in [0.2, 0.25) is 0 Å². The SMILES string of the molecule is CC(C)n1cc(OCCOc2ccc(C(=O)O)cc2)cn1. The van der Waals surface area contributed by atoms with Crippen molar-refractivity contribution in [1.82, 2.24) is 9.78 Å². The third kappa shape index (κ3) is 4.24. The lowest BCUT2D eigenvalue weighted by Gasteiger charge is -2.07. The number of aromatic carboxylic acids is 1. The van der Waals surface area contributed by atoms with Crippen LogP contribution in [0.4, 0.5) is 0 Å². The molecule has 0 unspecified atom stereocenters. The molecule has 0 aliphatic heterocycles. The van der Waals surface area contributed by atoms with Gasteiger partial charge in [0, 0.05) is 6.04 Å². The molecule has 0 amide bonds. The highest BCUT2D eigenvalue weighted by Gasteiger charge is 2.04. The summed E-state index contributed by atoms with van der Waals surface area (Å²) in [5.74, 6) is 0.363. The Morgan fingerprint density at radius 1 is 1.19 bits per heavy atom. The van der Waals surface area contributed by atoms with Gasteiger partial charge in [0.2, 0.25) is 0 Å². The molecule has 6 heteroatoms. The number of nitrogens with zero attached hydrogens (tertiary/aromatic N) is 2. The zero-order chi connectivity index (χ0) is 15.2. The third-order valence-electron chi connectivity index (χ3n) is 2.83. The van der Waals surface area contributed by atoms with Gasteiger partial charge in [0.25, 0.3) is 0 Å². The molecule has 0 aliphatic rings. The topological polar surface area (TPSA) is 73.6 Å². The van der Waals surface area contributed by atoms with Crippen molar-refractivity contribution in [2.75, 3.05) is 13.2 Å². The number of carbonyl (C=O) groups is 1. The lowest BCUT2D eigenvalue weighted by molar-refractivity contribution is 0.0697. The maximum absolute atomic E-state index is 10.7. The first-order chi connectivity index (χ1) is 10.1. The van der Waals surface area contributed by atoms with Crippen LogP contribution in [0, 0.1) is 0 Å². The molecule has 1 aromatic heterocycles. The van der Waals surface area contributed by atoms with Crippen LogP contribution in [-0.4, -0.2) is 34.1 Å². The van der Waals surface area contributed by atoms with E-state index in [0.717, 1.165) is 0 Å². The van der Waals surface area contributed by atoms with Gasteiger partial charge >= 0.3 is 5.97 Å². The number of carboxylic acid groups (broad SMARTS) is 1. The Bertz CT molecular complexity index is 590. The second kappa shape index (κ2) is 6.78. The molecule has 6 nitrogen and oxygen atoms in total. The Morgan fingerprint density at radius 2 is 1.81 bits per heavy atom. The average molecular weight is 290 g/mol. The first kappa shape index (κ1) is 14.9. The monoisotopic (exact) mass is 290 g/mol. The van der Waals surface area contributed by atoms with Gasteiger partial charge in [0.05, 0.1) is 18.0 Å². The highest BCUT2D eigenvalue weighted by atomic mass is 16.5. The van der Waals surface area contributed by atoms with Gasteiger partial charge in [0.1, 0.15) is 19.0 Å². The van der Waals surface area contributed by atoms with Crippen LogP contribution >= 0.6 is 0 Å². The quantitative estimate of drug-likeness (QED) is 0.793. The maximum Gasteiger partial charge on any atom is 0.335 e. The number of aromatic nitrogens is 2. The summed E-state index contributed by atoms with van der Waals surface area (Å²) in [7, 11) is 0. The Kier molecular flexibility index (Phi) is 4.81. The van der Waals surface area contributed by atoms with Gasteiger partial charge in [-0.25, -0.2) is 4.79 Å². The number of rotatable bonds is 7. The van der Waals surface area contributed by atoms with Gasteiger partial charge in [-0.2, -0.15) is 5.10 Å². The summed E-state index contributed by atoms with van der Waals surface area (Å²) >= 11 is 0. The first-order valence-corrected chi connectivity index (χ1v) is 6.69. The summed E-state index contributed by atoms with van der Waals surface area (Å²) in [4.78, 5) is 10.7. The molecule has 0 saturated heterocycles. The standard InChI is InChI=1S/C15H18N2O4/c1-11(2)17-10-14(9-16-17)21-8-7-20-13-5-3-12(4-6-13)15(18)19/h3-6,9-11H,7-8H2,1-2H3,(H,18,19). The van der Waals surface area contributed by atoms with E-state index in [1.807, 2.05) is 24.7 Å². The van der Waals surface area contributed by atoms with Gasteiger partial charge < -0.3 is 14.6 Å². The number of hydrogen-bond acceptors (Lipinski definition) is 4. The van der Waals surface area contributed by atoms with E-state index < -0.39 is 5.97 Å². The fraction of sp³-hybridized carbons (Fsp3) is 0.333. The van der Waals surface area contributed by atoms with Crippen LogP contribution in [0.1, 0.15) is 30.2 Å². The Labute approximate surface area is 122 Å². The van der Waals surface area contributed by atoms with E-state index in [1.165, 1.54) is 12.1 Å². The predicted octanol–water partition coefficient (Wildman–Crippen LogP) is 2.62. The van der Waals surface area contributed by atoms with Crippen molar-refractivity contribution in [3.63, 3.8) is 0 Å². The molecular weight excluding hydrogens is 272 g/mol. The molecule has 0 atom stereocenters. The third-order valence-corrected chi connectivity index (χ3v) is 2.83. The molecule has 0 fully saturated rings.